The SMILES string of the molecule is Cc1ccc(S(=O)(=O)N2CCCC(C(=O)N3CCc4[nH]ncc4C3)C2)s1. The van der Waals surface area contributed by atoms with Crippen molar-refractivity contribution < 1.29 is 13.2 Å². The van der Waals surface area contributed by atoms with Crippen molar-refractivity contribution in [1.29, 1.82) is 0 Å². The molecule has 0 radical (unpaired) electrons. The monoisotopic (exact) mass is 394 g/mol. The number of carbonyl (C=O) groups excluding carboxylic acids is 1. The molecule has 1 amide bonds. The zero-order valence-corrected chi connectivity index (χ0v) is 16.3. The Morgan fingerprint density at radius 1 is 1.35 bits per heavy atom. The molecule has 2 aromatic rings. The number of piperidine rings is 1. The number of hydrogen-bond acceptors (Lipinski definition) is 5. The van der Waals surface area contributed by atoms with Crippen molar-refractivity contribution in [3.8, 4) is 0 Å². The summed E-state index contributed by atoms with van der Waals surface area (Å²) >= 11 is 1.28. The van der Waals surface area contributed by atoms with E-state index < -0.39 is 10.0 Å². The van der Waals surface area contributed by atoms with Crippen LogP contribution in [0.15, 0.2) is 22.5 Å². The van der Waals surface area contributed by atoms with Gasteiger partial charge in [-0.2, -0.15) is 9.40 Å². The first-order chi connectivity index (χ1) is 12.4. The number of amides is 1. The van der Waals surface area contributed by atoms with Crippen LogP contribution >= 0.6 is 11.3 Å². The smallest absolute Gasteiger partial charge is 0.252 e. The molecular weight excluding hydrogens is 372 g/mol. The van der Waals surface area contributed by atoms with Crippen molar-refractivity contribution in [2.45, 2.75) is 36.9 Å². The minimum Gasteiger partial charge on any atom is -0.338 e. The van der Waals surface area contributed by atoms with Gasteiger partial charge in [-0.25, -0.2) is 8.42 Å². The van der Waals surface area contributed by atoms with Crippen molar-refractivity contribution in [2.75, 3.05) is 19.6 Å². The van der Waals surface area contributed by atoms with E-state index in [1.54, 1.807) is 12.3 Å². The molecule has 1 fully saturated rings. The summed E-state index contributed by atoms with van der Waals surface area (Å²) in [5.41, 5.74) is 2.15. The molecule has 2 aliphatic rings. The summed E-state index contributed by atoms with van der Waals surface area (Å²) in [6, 6.07) is 3.48. The fourth-order valence-corrected chi connectivity index (χ4v) is 6.67. The van der Waals surface area contributed by atoms with Crippen molar-refractivity contribution in [2.24, 2.45) is 5.92 Å². The largest absolute Gasteiger partial charge is 0.338 e. The van der Waals surface area contributed by atoms with Gasteiger partial charge in [-0.15, -0.1) is 11.3 Å². The molecule has 0 aliphatic carbocycles. The lowest BCUT2D eigenvalue weighted by molar-refractivity contribution is -0.137. The molecule has 4 heterocycles. The highest BCUT2D eigenvalue weighted by Crippen LogP contribution is 2.29. The fraction of sp³-hybridized carbons (Fsp3) is 0.529. The van der Waals surface area contributed by atoms with Gasteiger partial charge >= 0.3 is 0 Å². The fourth-order valence-electron chi connectivity index (χ4n) is 3.71. The van der Waals surface area contributed by atoms with Crippen LogP contribution in [0.25, 0.3) is 0 Å². The number of fused-ring (bicyclic) bond motifs is 1. The Labute approximate surface area is 157 Å². The van der Waals surface area contributed by atoms with Gasteiger partial charge in [-0.3, -0.25) is 9.89 Å². The molecule has 0 spiro atoms. The van der Waals surface area contributed by atoms with Gasteiger partial charge in [-0.05, 0) is 31.9 Å². The van der Waals surface area contributed by atoms with Gasteiger partial charge in [-0.1, -0.05) is 0 Å². The number of sulfonamides is 1. The Balaban J connectivity index is 1.48. The molecule has 7 nitrogen and oxygen atoms in total. The molecular formula is C17H22N4O3S2. The molecule has 4 rings (SSSR count). The molecule has 0 bridgehead atoms. The highest BCUT2D eigenvalue weighted by atomic mass is 32.2. The van der Waals surface area contributed by atoms with Crippen LogP contribution in [0.4, 0.5) is 0 Å². The summed E-state index contributed by atoms with van der Waals surface area (Å²) in [6.45, 7) is 3.86. The van der Waals surface area contributed by atoms with Crippen LogP contribution in [0.2, 0.25) is 0 Å². The lowest BCUT2D eigenvalue weighted by Crippen LogP contribution is -2.47. The van der Waals surface area contributed by atoms with Gasteiger partial charge in [0.2, 0.25) is 5.91 Å². The zero-order chi connectivity index (χ0) is 18.3. The number of aromatic amines is 1. The van der Waals surface area contributed by atoms with Crippen LogP contribution in [0.3, 0.4) is 0 Å². The van der Waals surface area contributed by atoms with Gasteiger partial charge in [0.15, 0.2) is 0 Å². The Hall–Kier alpha value is -1.71. The Morgan fingerprint density at radius 3 is 2.96 bits per heavy atom. The van der Waals surface area contributed by atoms with Gasteiger partial charge in [0.05, 0.1) is 12.1 Å². The van der Waals surface area contributed by atoms with Crippen LogP contribution in [-0.2, 0) is 27.8 Å². The van der Waals surface area contributed by atoms with Gasteiger partial charge in [0, 0.05) is 48.7 Å². The second-order valence-corrected chi connectivity index (χ2v) is 10.4. The predicted molar refractivity (Wildman–Crippen MR) is 98.2 cm³/mol. The van der Waals surface area contributed by atoms with Crippen LogP contribution in [-0.4, -0.2) is 53.4 Å². The summed E-state index contributed by atoms with van der Waals surface area (Å²) in [6.07, 6.45) is 3.99. The maximum atomic E-state index is 13.0. The number of hydrogen-bond donors (Lipinski definition) is 1. The number of thiophene rings is 1. The van der Waals surface area contributed by atoms with E-state index in [-0.39, 0.29) is 18.4 Å². The first-order valence-electron chi connectivity index (χ1n) is 8.81. The van der Waals surface area contributed by atoms with Gasteiger partial charge < -0.3 is 4.90 Å². The summed E-state index contributed by atoms with van der Waals surface area (Å²) in [4.78, 5) is 15.8. The quantitative estimate of drug-likeness (QED) is 0.860. The molecule has 140 valence electrons. The number of aryl methyl sites for hydroxylation is 1. The van der Waals surface area contributed by atoms with E-state index in [9.17, 15) is 13.2 Å². The Bertz CT molecular complexity index is 918. The van der Waals surface area contributed by atoms with Crippen molar-refractivity contribution >= 4 is 27.3 Å². The van der Waals surface area contributed by atoms with E-state index in [1.807, 2.05) is 17.9 Å². The van der Waals surface area contributed by atoms with Crippen molar-refractivity contribution in [1.82, 2.24) is 19.4 Å². The summed E-state index contributed by atoms with van der Waals surface area (Å²) in [5.74, 6) is -0.216. The third-order valence-electron chi connectivity index (χ3n) is 5.16. The first kappa shape index (κ1) is 17.7. The number of rotatable bonds is 3. The van der Waals surface area contributed by atoms with Crippen LogP contribution < -0.4 is 0 Å². The van der Waals surface area contributed by atoms with Crippen LogP contribution in [0, 0.1) is 12.8 Å². The predicted octanol–water partition coefficient (Wildman–Crippen LogP) is 1.77. The second-order valence-electron chi connectivity index (χ2n) is 6.95. The molecule has 2 aliphatic heterocycles. The normalized spacial score (nSPS) is 21.6. The van der Waals surface area contributed by atoms with E-state index in [0.29, 0.717) is 30.3 Å². The van der Waals surface area contributed by atoms with E-state index in [2.05, 4.69) is 10.2 Å². The standard InChI is InChI=1S/C17H22N4O3S2/c1-12-4-5-16(25-12)26(23,24)21-7-2-3-13(11-21)17(22)20-8-6-15-14(10-20)9-18-19-15/h4-5,9,13H,2-3,6-8,10-11H2,1H3,(H,18,19). The summed E-state index contributed by atoms with van der Waals surface area (Å²) in [7, 11) is -3.51. The molecule has 9 heteroatoms. The number of nitrogens with zero attached hydrogens (tertiary/aromatic N) is 3. The van der Waals surface area contributed by atoms with Gasteiger partial charge in [0.1, 0.15) is 4.21 Å². The van der Waals surface area contributed by atoms with Gasteiger partial charge in [0.25, 0.3) is 10.0 Å². The maximum absolute atomic E-state index is 13.0. The first-order valence-corrected chi connectivity index (χ1v) is 11.1. The van der Waals surface area contributed by atoms with Crippen molar-refractivity contribution in [3.63, 3.8) is 0 Å². The van der Waals surface area contributed by atoms with Crippen LogP contribution in [0.1, 0.15) is 29.0 Å². The van der Waals surface area contributed by atoms with Crippen molar-refractivity contribution in [3.05, 3.63) is 34.5 Å². The minimum absolute atomic E-state index is 0.0547. The molecule has 1 unspecified atom stereocenters. The van der Waals surface area contributed by atoms with E-state index >= 15 is 0 Å². The lowest BCUT2D eigenvalue weighted by atomic mass is 9.96. The van der Waals surface area contributed by atoms with E-state index in [0.717, 1.165) is 29.0 Å². The summed E-state index contributed by atoms with van der Waals surface area (Å²) in [5, 5.41) is 7.01. The number of nitrogens with one attached hydrogen (secondary N) is 1. The summed E-state index contributed by atoms with van der Waals surface area (Å²) < 4.78 is 27.6. The number of carbonyl (C=O) groups is 1. The molecule has 0 saturated carbocycles. The lowest BCUT2D eigenvalue weighted by Gasteiger charge is -2.35. The average Bonchev–Trinajstić information content (AvgIpc) is 3.29. The van der Waals surface area contributed by atoms with E-state index in [4.69, 9.17) is 0 Å². The molecule has 1 saturated heterocycles. The molecule has 26 heavy (non-hydrogen) atoms. The van der Waals surface area contributed by atoms with Crippen LogP contribution in [0.5, 0.6) is 0 Å². The Kier molecular flexibility index (Phi) is 4.62. The molecule has 1 atom stereocenters. The number of aromatic nitrogens is 2. The highest BCUT2D eigenvalue weighted by Gasteiger charge is 2.36. The average molecular weight is 395 g/mol. The highest BCUT2D eigenvalue weighted by molar-refractivity contribution is 7.91. The molecule has 1 N–H and O–H groups in total. The second kappa shape index (κ2) is 6.79. The Morgan fingerprint density at radius 2 is 2.19 bits per heavy atom. The number of H-pyrrole nitrogens is 1. The molecule has 2 aromatic heterocycles. The third kappa shape index (κ3) is 3.19. The third-order valence-corrected chi connectivity index (χ3v) is 8.49. The topological polar surface area (TPSA) is 86.4 Å². The molecule has 0 aromatic carbocycles. The zero-order valence-electron chi connectivity index (χ0n) is 14.6. The minimum atomic E-state index is -3.51. The van der Waals surface area contributed by atoms with E-state index in [1.165, 1.54) is 15.6 Å². The maximum Gasteiger partial charge on any atom is 0.252 e.